The molecule has 1 aromatic heterocycles. The lowest BCUT2D eigenvalue weighted by molar-refractivity contribution is -0.695. The monoisotopic (exact) mass is 306 g/mol. The number of nitrogens with zero attached hydrogens (tertiary/aromatic N) is 2. The van der Waals surface area contributed by atoms with E-state index in [2.05, 4.69) is 21.9 Å². The van der Waals surface area contributed by atoms with E-state index >= 15 is 0 Å². The number of hydrogen-bond donors (Lipinski definition) is 1. The van der Waals surface area contributed by atoms with Crippen molar-refractivity contribution < 1.29 is 26.8 Å². The number of halogens is 1. The maximum absolute atomic E-state index is 8.66. The molecule has 0 bridgehead atoms. The summed E-state index contributed by atoms with van der Waals surface area (Å²) in [5.74, 6) is 0. The van der Waals surface area contributed by atoms with Gasteiger partial charge in [0.1, 0.15) is 6.21 Å². The molecular weight excluding hydrogens is 292 g/mol. The summed E-state index contributed by atoms with van der Waals surface area (Å²) in [7, 11) is 0. The molecule has 4 heteroatoms. The summed E-state index contributed by atoms with van der Waals surface area (Å²) in [6.07, 6.45) is 1.45. The third-order valence-electron chi connectivity index (χ3n) is 2.72. The normalized spacial score (nSPS) is 10.3. The molecule has 0 amide bonds. The number of oxime groups is 1. The molecule has 2 aromatic rings. The minimum atomic E-state index is 0. The highest BCUT2D eigenvalue weighted by Gasteiger charge is 2.12. The molecule has 0 spiro atoms. The molecule has 0 aliphatic carbocycles. The maximum atomic E-state index is 8.66. The SMILES string of the molecule is Cc1cccc(/C=N\O)[n+]1Cc1ccccc1.[Br-]. The van der Waals surface area contributed by atoms with Crippen molar-refractivity contribution in [1.82, 2.24) is 0 Å². The Hall–Kier alpha value is -1.68. The van der Waals surface area contributed by atoms with Crippen LogP contribution in [0.5, 0.6) is 0 Å². The molecule has 0 radical (unpaired) electrons. The van der Waals surface area contributed by atoms with E-state index in [1.54, 1.807) is 0 Å². The molecule has 1 heterocycles. The van der Waals surface area contributed by atoms with Gasteiger partial charge in [-0.2, -0.15) is 4.57 Å². The van der Waals surface area contributed by atoms with Crippen LogP contribution in [0.1, 0.15) is 17.0 Å². The van der Waals surface area contributed by atoms with Gasteiger partial charge in [0.15, 0.2) is 12.2 Å². The van der Waals surface area contributed by atoms with Gasteiger partial charge in [0.2, 0.25) is 5.69 Å². The predicted molar refractivity (Wildman–Crippen MR) is 66.3 cm³/mol. The van der Waals surface area contributed by atoms with Gasteiger partial charge in [-0.3, -0.25) is 0 Å². The average molecular weight is 307 g/mol. The molecule has 0 saturated heterocycles. The van der Waals surface area contributed by atoms with E-state index in [9.17, 15) is 0 Å². The van der Waals surface area contributed by atoms with E-state index in [-0.39, 0.29) is 17.0 Å². The van der Waals surface area contributed by atoms with Crippen molar-refractivity contribution in [2.75, 3.05) is 0 Å². The zero-order valence-electron chi connectivity index (χ0n) is 10.1. The summed E-state index contributed by atoms with van der Waals surface area (Å²) >= 11 is 0. The van der Waals surface area contributed by atoms with Crippen molar-refractivity contribution in [3.63, 3.8) is 0 Å². The summed E-state index contributed by atoms with van der Waals surface area (Å²) in [6.45, 7) is 2.81. The van der Waals surface area contributed by atoms with E-state index in [0.29, 0.717) is 0 Å². The van der Waals surface area contributed by atoms with Crippen molar-refractivity contribution in [1.29, 1.82) is 0 Å². The van der Waals surface area contributed by atoms with E-state index in [4.69, 9.17) is 5.21 Å². The van der Waals surface area contributed by atoms with Crippen LogP contribution in [-0.4, -0.2) is 11.4 Å². The zero-order valence-corrected chi connectivity index (χ0v) is 11.7. The van der Waals surface area contributed by atoms with Gasteiger partial charge in [-0.15, -0.1) is 0 Å². The van der Waals surface area contributed by atoms with Crippen LogP contribution in [0.4, 0.5) is 0 Å². The molecule has 0 saturated carbocycles. The summed E-state index contributed by atoms with van der Waals surface area (Å²) in [5.41, 5.74) is 3.24. The first-order valence-electron chi connectivity index (χ1n) is 5.52. The molecule has 18 heavy (non-hydrogen) atoms. The van der Waals surface area contributed by atoms with Crippen LogP contribution >= 0.6 is 0 Å². The molecule has 1 N–H and O–H groups in total. The Kier molecular flexibility index (Phi) is 5.52. The quantitative estimate of drug-likeness (QED) is 0.341. The Morgan fingerprint density at radius 1 is 1.11 bits per heavy atom. The lowest BCUT2D eigenvalue weighted by Crippen LogP contribution is -3.00. The Morgan fingerprint density at radius 3 is 2.50 bits per heavy atom. The van der Waals surface area contributed by atoms with Crippen molar-refractivity contribution in [3.05, 3.63) is 65.5 Å². The smallest absolute Gasteiger partial charge is 0.227 e. The predicted octanol–water partition coefficient (Wildman–Crippen LogP) is -0.857. The molecule has 1 aromatic carbocycles. The van der Waals surface area contributed by atoms with Crippen LogP contribution in [0.2, 0.25) is 0 Å². The number of benzene rings is 1. The second-order valence-electron chi connectivity index (χ2n) is 3.91. The molecule has 0 aliphatic heterocycles. The molecule has 0 atom stereocenters. The molecular formula is C14H15BrN2O. The van der Waals surface area contributed by atoms with Gasteiger partial charge in [0, 0.05) is 24.6 Å². The van der Waals surface area contributed by atoms with Crippen LogP contribution in [0.3, 0.4) is 0 Å². The highest BCUT2D eigenvalue weighted by atomic mass is 79.9. The van der Waals surface area contributed by atoms with Crippen LogP contribution in [0.25, 0.3) is 0 Å². The highest BCUT2D eigenvalue weighted by Crippen LogP contribution is 2.01. The summed E-state index contributed by atoms with van der Waals surface area (Å²) < 4.78 is 2.11. The third-order valence-corrected chi connectivity index (χ3v) is 2.72. The van der Waals surface area contributed by atoms with Gasteiger partial charge in [-0.25, -0.2) is 0 Å². The topological polar surface area (TPSA) is 36.5 Å². The minimum Gasteiger partial charge on any atom is -1.00 e. The van der Waals surface area contributed by atoms with Gasteiger partial charge in [-0.1, -0.05) is 35.5 Å². The molecule has 0 aliphatic rings. The highest BCUT2D eigenvalue weighted by molar-refractivity contribution is 5.74. The van der Waals surface area contributed by atoms with Gasteiger partial charge < -0.3 is 22.2 Å². The number of pyridine rings is 1. The zero-order chi connectivity index (χ0) is 12.1. The first-order valence-corrected chi connectivity index (χ1v) is 5.52. The van der Waals surface area contributed by atoms with Crippen molar-refractivity contribution >= 4 is 6.21 Å². The largest absolute Gasteiger partial charge is 1.00 e. The van der Waals surface area contributed by atoms with E-state index in [0.717, 1.165) is 17.9 Å². The van der Waals surface area contributed by atoms with Crippen LogP contribution < -0.4 is 21.5 Å². The fraction of sp³-hybridized carbons (Fsp3) is 0.143. The average Bonchev–Trinajstić information content (AvgIpc) is 2.35. The first-order chi connectivity index (χ1) is 8.31. The van der Waals surface area contributed by atoms with Gasteiger partial charge >= 0.3 is 0 Å². The number of hydrogen-bond acceptors (Lipinski definition) is 2. The van der Waals surface area contributed by atoms with Crippen LogP contribution in [0.15, 0.2) is 53.7 Å². The van der Waals surface area contributed by atoms with E-state index in [1.165, 1.54) is 11.8 Å². The third kappa shape index (κ3) is 3.40. The number of rotatable bonds is 3. The van der Waals surface area contributed by atoms with Gasteiger partial charge in [-0.05, 0) is 6.07 Å². The molecule has 0 unspecified atom stereocenters. The van der Waals surface area contributed by atoms with Crippen molar-refractivity contribution in [2.45, 2.75) is 13.5 Å². The van der Waals surface area contributed by atoms with Crippen molar-refractivity contribution in [2.24, 2.45) is 5.16 Å². The summed E-state index contributed by atoms with van der Waals surface area (Å²) in [4.78, 5) is 0. The lowest BCUT2D eigenvalue weighted by atomic mass is 10.2. The Morgan fingerprint density at radius 2 is 1.83 bits per heavy atom. The van der Waals surface area contributed by atoms with Gasteiger partial charge in [0.25, 0.3) is 0 Å². The van der Waals surface area contributed by atoms with Crippen LogP contribution in [-0.2, 0) is 6.54 Å². The van der Waals surface area contributed by atoms with Gasteiger partial charge in [0.05, 0.1) is 0 Å². The standard InChI is InChI=1S/C14H14N2O.BrH/c1-12-6-5-9-14(10-15-17)16(12)11-13-7-3-2-4-8-13;/h2-10H,11H2,1H3;1H. The van der Waals surface area contributed by atoms with E-state index < -0.39 is 0 Å². The Bertz CT molecular complexity index is 527. The first kappa shape index (κ1) is 14.4. The van der Waals surface area contributed by atoms with E-state index in [1.807, 2.05) is 43.3 Å². The second-order valence-corrected chi connectivity index (χ2v) is 3.91. The molecule has 2 rings (SSSR count). The molecule has 3 nitrogen and oxygen atoms in total. The molecule has 94 valence electrons. The number of aromatic nitrogens is 1. The second kappa shape index (κ2) is 6.91. The summed E-state index contributed by atoms with van der Waals surface area (Å²) in [6, 6.07) is 16.1. The Balaban J connectivity index is 0.00000162. The van der Waals surface area contributed by atoms with Crippen LogP contribution in [0, 0.1) is 6.92 Å². The fourth-order valence-corrected chi connectivity index (χ4v) is 1.82. The Labute approximate surface area is 117 Å². The fourth-order valence-electron chi connectivity index (χ4n) is 1.82. The molecule has 0 fully saturated rings. The summed E-state index contributed by atoms with van der Waals surface area (Å²) in [5, 5.41) is 11.8. The lowest BCUT2D eigenvalue weighted by Gasteiger charge is -2.03. The van der Waals surface area contributed by atoms with Crippen molar-refractivity contribution in [3.8, 4) is 0 Å². The maximum Gasteiger partial charge on any atom is 0.227 e. The number of aryl methyl sites for hydroxylation is 1. The minimum absolute atomic E-state index is 0.